The number of thioether (sulfide) groups is 1. The van der Waals surface area contributed by atoms with Crippen molar-refractivity contribution in [2.75, 3.05) is 53.4 Å². The van der Waals surface area contributed by atoms with Crippen LogP contribution in [-0.2, 0) is 0 Å². The van der Waals surface area contributed by atoms with Gasteiger partial charge in [-0.1, -0.05) is 12.1 Å². The molecule has 124 valence electrons. The average molecular weight is 324 g/mol. The van der Waals surface area contributed by atoms with E-state index in [0.717, 1.165) is 30.6 Å². The van der Waals surface area contributed by atoms with Gasteiger partial charge in [0.1, 0.15) is 5.75 Å². The highest BCUT2D eigenvalue weighted by Gasteiger charge is 2.14. The molecule has 1 aromatic carbocycles. The molecule has 5 nitrogen and oxygen atoms in total. The van der Waals surface area contributed by atoms with E-state index in [9.17, 15) is 0 Å². The van der Waals surface area contributed by atoms with Gasteiger partial charge in [-0.3, -0.25) is 4.99 Å². The molecule has 0 amide bonds. The summed E-state index contributed by atoms with van der Waals surface area (Å²) in [5.41, 5.74) is 1.25. The summed E-state index contributed by atoms with van der Waals surface area (Å²) in [5.74, 6) is 2.79. The summed E-state index contributed by atoms with van der Waals surface area (Å²) in [6.07, 6.45) is 2.10. The topological polar surface area (TPSA) is 48.9 Å². The average Bonchev–Trinajstić information content (AvgIpc) is 2.53. The summed E-state index contributed by atoms with van der Waals surface area (Å²) >= 11 is 1.82. The second-order valence-corrected chi connectivity index (χ2v) is 6.11. The molecule has 0 spiro atoms. The van der Waals surface area contributed by atoms with Crippen molar-refractivity contribution in [2.24, 2.45) is 4.99 Å². The normalized spacial score (nSPS) is 13.1. The van der Waals surface area contributed by atoms with E-state index >= 15 is 0 Å². The largest absolute Gasteiger partial charge is 0.497 e. The van der Waals surface area contributed by atoms with Gasteiger partial charge < -0.3 is 20.3 Å². The third-order valence-corrected chi connectivity index (χ3v) is 4.02. The first-order valence-corrected chi connectivity index (χ1v) is 8.75. The van der Waals surface area contributed by atoms with Crippen LogP contribution in [-0.4, -0.2) is 64.2 Å². The number of hydrogen-bond acceptors (Lipinski definition) is 4. The van der Waals surface area contributed by atoms with E-state index in [1.807, 2.05) is 23.9 Å². The van der Waals surface area contributed by atoms with Crippen molar-refractivity contribution in [3.05, 3.63) is 29.8 Å². The maximum atomic E-state index is 5.22. The van der Waals surface area contributed by atoms with Crippen molar-refractivity contribution < 1.29 is 4.74 Å². The lowest BCUT2D eigenvalue weighted by Crippen LogP contribution is -2.42. The van der Waals surface area contributed by atoms with Gasteiger partial charge in [0.05, 0.1) is 13.2 Å². The van der Waals surface area contributed by atoms with Crippen LogP contribution in [0, 0.1) is 0 Å². The van der Waals surface area contributed by atoms with Crippen molar-refractivity contribution in [1.82, 2.24) is 15.5 Å². The van der Waals surface area contributed by atoms with Gasteiger partial charge in [0.15, 0.2) is 5.96 Å². The minimum Gasteiger partial charge on any atom is -0.497 e. The molecule has 0 aromatic heterocycles. The smallest absolute Gasteiger partial charge is 0.191 e. The summed E-state index contributed by atoms with van der Waals surface area (Å²) in [6, 6.07) is 8.48. The van der Waals surface area contributed by atoms with Gasteiger partial charge in [-0.05, 0) is 38.0 Å². The molecule has 2 N–H and O–H groups in total. The second-order valence-electron chi connectivity index (χ2n) is 5.13. The van der Waals surface area contributed by atoms with Gasteiger partial charge >= 0.3 is 0 Å². The maximum Gasteiger partial charge on any atom is 0.191 e. The molecule has 22 heavy (non-hydrogen) atoms. The van der Waals surface area contributed by atoms with Gasteiger partial charge in [-0.15, -0.1) is 0 Å². The van der Waals surface area contributed by atoms with Gasteiger partial charge in [-0.25, -0.2) is 0 Å². The lowest BCUT2D eigenvalue weighted by molar-refractivity contribution is 0.298. The molecule has 0 aliphatic rings. The highest BCUT2D eigenvalue weighted by molar-refractivity contribution is 7.98. The molecule has 0 fully saturated rings. The molecule has 0 heterocycles. The van der Waals surface area contributed by atoms with Crippen LogP contribution in [0.1, 0.15) is 11.6 Å². The predicted molar refractivity (Wildman–Crippen MR) is 97.2 cm³/mol. The van der Waals surface area contributed by atoms with Crippen LogP contribution >= 0.6 is 11.8 Å². The molecule has 0 saturated carbocycles. The molecule has 6 heteroatoms. The molecule has 1 atom stereocenters. The fourth-order valence-electron chi connectivity index (χ4n) is 2.11. The van der Waals surface area contributed by atoms with Crippen LogP contribution in [0.2, 0.25) is 0 Å². The number of aliphatic imine (C=N–C) groups is 1. The van der Waals surface area contributed by atoms with Crippen LogP contribution in [0.25, 0.3) is 0 Å². The van der Waals surface area contributed by atoms with E-state index in [1.54, 1.807) is 14.2 Å². The second kappa shape index (κ2) is 10.3. The van der Waals surface area contributed by atoms with Gasteiger partial charge in [0.2, 0.25) is 0 Å². The zero-order chi connectivity index (χ0) is 16.4. The fraction of sp³-hybridized carbons (Fsp3) is 0.562. The highest BCUT2D eigenvalue weighted by Crippen LogP contribution is 2.20. The van der Waals surface area contributed by atoms with Crippen LogP contribution < -0.4 is 15.4 Å². The molecule has 1 aromatic rings. The number of ether oxygens (including phenoxy) is 1. The van der Waals surface area contributed by atoms with E-state index in [4.69, 9.17) is 4.74 Å². The highest BCUT2D eigenvalue weighted by atomic mass is 32.2. The van der Waals surface area contributed by atoms with E-state index in [2.05, 4.69) is 53.0 Å². The van der Waals surface area contributed by atoms with Crippen LogP contribution in [0.3, 0.4) is 0 Å². The van der Waals surface area contributed by atoms with Crippen molar-refractivity contribution in [3.8, 4) is 5.75 Å². The standard InChI is InChI=1S/C16H28N4OS/c1-17-16(18-10-11-22-5)19-12-15(20(2)3)13-6-8-14(21-4)9-7-13/h6-9,15H,10-12H2,1-5H3,(H2,17,18,19). The van der Waals surface area contributed by atoms with Crippen LogP contribution in [0.15, 0.2) is 29.3 Å². The number of nitrogens with zero attached hydrogens (tertiary/aromatic N) is 2. The molecule has 0 bridgehead atoms. The quantitative estimate of drug-likeness (QED) is 0.434. The Kier molecular flexibility index (Phi) is 8.77. The Labute approximate surface area is 138 Å². The third kappa shape index (κ3) is 6.15. The summed E-state index contributed by atoms with van der Waals surface area (Å²) in [5, 5.41) is 6.71. The molecule has 0 aliphatic heterocycles. The lowest BCUT2D eigenvalue weighted by Gasteiger charge is -2.26. The van der Waals surface area contributed by atoms with Gasteiger partial charge in [0, 0.05) is 25.9 Å². The minimum absolute atomic E-state index is 0.269. The lowest BCUT2D eigenvalue weighted by atomic mass is 10.1. The van der Waals surface area contributed by atoms with Crippen molar-refractivity contribution in [3.63, 3.8) is 0 Å². The summed E-state index contributed by atoms with van der Waals surface area (Å²) in [4.78, 5) is 6.46. The first-order valence-electron chi connectivity index (χ1n) is 7.36. The van der Waals surface area contributed by atoms with Gasteiger partial charge in [0.25, 0.3) is 0 Å². The van der Waals surface area contributed by atoms with E-state index < -0.39 is 0 Å². The van der Waals surface area contributed by atoms with Crippen LogP contribution in [0.5, 0.6) is 5.75 Å². The first kappa shape index (κ1) is 18.6. The fourth-order valence-corrected chi connectivity index (χ4v) is 2.42. The molecule has 0 aliphatic carbocycles. The zero-order valence-corrected chi connectivity index (χ0v) is 15.0. The molecular formula is C16H28N4OS. The number of likely N-dealkylation sites (N-methyl/N-ethyl adjacent to an activating group) is 1. The Morgan fingerprint density at radius 1 is 1.27 bits per heavy atom. The molecule has 0 radical (unpaired) electrons. The van der Waals surface area contributed by atoms with E-state index in [-0.39, 0.29) is 6.04 Å². The minimum atomic E-state index is 0.269. The molecular weight excluding hydrogens is 296 g/mol. The number of benzene rings is 1. The maximum absolute atomic E-state index is 5.22. The van der Waals surface area contributed by atoms with Crippen molar-refractivity contribution >= 4 is 17.7 Å². The SMILES string of the molecule is CN=C(NCCSC)NCC(c1ccc(OC)cc1)N(C)C. The number of nitrogens with one attached hydrogen (secondary N) is 2. The summed E-state index contributed by atoms with van der Waals surface area (Å²) in [6.45, 7) is 1.70. The molecule has 1 rings (SSSR count). The first-order chi connectivity index (χ1) is 10.6. The molecule has 1 unspecified atom stereocenters. The van der Waals surface area contributed by atoms with Crippen LogP contribution in [0.4, 0.5) is 0 Å². The Hall–Kier alpha value is -1.40. The number of hydrogen-bond donors (Lipinski definition) is 2. The van der Waals surface area contributed by atoms with Gasteiger partial charge in [-0.2, -0.15) is 11.8 Å². The summed E-state index contributed by atoms with van der Waals surface area (Å²) in [7, 11) is 7.65. The zero-order valence-electron chi connectivity index (χ0n) is 14.2. The number of guanidine groups is 1. The van der Waals surface area contributed by atoms with Crippen molar-refractivity contribution in [1.29, 1.82) is 0 Å². The Morgan fingerprint density at radius 2 is 1.95 bits per heavy atom. The third-order valence-electron chi connectivity index (χ3n) is 3.41. The summed E-state index contributed by atoms with van der Waals surface area (Å²) < 4.78 is 5.22. The monoisotopic (exact) mass is 324 g/mol. The Bertz CT molecular complexity index is 448. The van der Waals surface area contributed by atoms with E-state index in [0.29, 0.717) is 0 Å². The number of rotatable bonds is 8. The predicted octanol–water partition coefficient (Wildman–Crippen LogP) is 1.83. The Balaban J connectivity index is 2.63. The van der Waals surface area contributed by atoms with Crippen molar-refractivity contribution in [2.45, 2.75) is 6.04 Å². The number of methoxy groups -OCH3 is 1. The molecule has 0 saturated heterocycles. The Morgan fingerprint density at radius 3 is 2.45 bits per heavy atom. The van der Waals surface area contributed by atoms with E-state index in [1.165, 1.54) is 5.56 Å².